The van der Waals surface area contributed by atoms with Gasteiger partial charge in [-0.3, -0.25) is 19.5 Å². The molecule has 3 amide bonds. The summed E-state index contributed by atoms with van der Waals surface area (Å²) >= 11 is 0. The van der Waals surface area contributed by atoms with Gasteiger partial charge in [0, 0.05) is 18.0 Å². The van der Waals surface area contributed by atoms with Crippen molar-refractivity contribution in [1.29, 1.82) is 0 Å². The first-order valence-electron chi connectivity index (χ1n) is 13.1. The highest BCUT2D eigenvalue weighted by atomic mass is 19.4. The smallest absolute Gasteiger partial charge is 0.373 e. The van der Waals surface area contributed by atoms with Crippen LogP contribution in [0.2, 0.25) is 0 Å². The van der Waals surface area contributed by atoms with Crippen molar-refractivity contribution in [3.63, 3.8) is 0 Å². The van der Waals surface area contributed by atoms with Gasteiger partial charge in [-0.25, -0.2) is 9.78 Å². The Bertz CT molecular complexity index is 1710. The van der Waals surface area contributed by atoms with Crippen LogP contribution in [0.25, 0.3) is 11.1 Å². The van der Waals surface area contributed by atoms with E-state index in [2.05, 4.69) is 20.9 Å². The van der Waals surface area contributed by atoms with Crippen LogP contribution in [0.4, 0.5) is 35.2 Å². The molecule has 216 valence electrons. The van der Waals surface area contributed by atoms with Crippen molar-refractivity contribution < 1.29 is 22.8 Å². The third-order valence-electron chi connectivity index (χ3n) is 7.02. The summed E-state index contributed by atoms with van der Waals surface area (Å²) in [6, 6.07) is 19.5. The zero-order valence-electron chi connectivity index (χ0n) is 22.4. The van der Waals surface area contributed by atoms with E-state index in [1.54, 1.807) is 19.1 Å². The molecule has 2 atom stereocenters. The molecule has 4 aromatic rings. The summed E-state index contributed by atoms with van der Waals surface area (Å²) < 4.78 is 40.9. The summed E-state index contributed by atoms with van der Waals surface area (Å²) in [5, 5.41) is 8.22. The van der Waals surface area contributed by atoms with Crippen LogP contribution >= 0.6 is 0 Å². The third kappa shape index (κ3) is 5.82. The van der Waals surface area contributed by atoms with E-state index in [1.807, 2.05) is 42.5 Å². The SMILES string of the molecule is CC1CC(C(N)=O)n2c1nc(NC(=O)Nc1ccccc1-c1ccccc1)c(NCc1cccc(C(F)(F)F)c1)c2=O. The van der Waals surface area contributed by atoms with Crippen molar-refractivity contribution >= 4 is 29.1 Å². The van der Waals surface area contributed by atoms with Crippen LogP contribution in [0.3, 0.4) is 0 Å². The van der Waals surface area contributed by atoms with Gasteiger partial charge in [-0.2, -0.15) is 13.2 Å². The second-order valence-electron chi connectivity index (χ2n) is 9.97. The lowest BCUT2D eigenvalue weighted by Gasteiger charge is -2.18. The zero-order chi connectivity index (χ0) is 30.0. The zero-order valence-corrected chi connectivity index (χ0v) is 22.4. The Morgan fingerprint density at radius 1 is 1.00 bits per heavy atom. The molecule has 12 heteroatoms. The van der Waals surface area contributed by atoms with E-state index in [-0.39, 0.29) is 41.8 Å². The minimum absolute atomic E-state index is 0.134. The molecule has 0 spiro atoms. The molecule has 42 heavy (non-hydrogen) atoms. The standard InChI is InChI=1S/C30H27F3N6O3/c1-17-14-23(25(34)40)39-27(17)37-26(24(28(39)41)35-16-18-8-7-11-20(15-18)30(31,32)33)38-29(42)36-22-13-6-5-12-21(22)19-9-3-2-4-10-19/h2-13,15,17,23,35H,14,16H2,1H3,(H2,34,40)(H2,36,38,42). The number of nitrogens with one attached hydrogen (secondary N) is 3. The molecule has 1 aliphatic rings. The van der Waals surface area contributed by atoms with E-state index in [0.29, 0.717) is 5.69 Å². The van der Waals surface area contributed by atoms with E-state index < -0.39 is 35.3 Å². The third-order valence-corrected chi connectivity index (χ3v) is 7.02. The Morgan fingerprint density at radius 3 is 2.43 bits per heavy atom. The second-order valence-corrected chi connectivity index (χ2v) is 9.97. The highest BCUT2D eigenvalue weighted by Gasteiger charge is 2.36. The van der Waals surface area contributed by atoms with Crippen molar-refractivity contribution in [3.8, 4) is 11.1 Å². The molecule has 9 nitrogen and oxygen atoms in total. The maximum Gasteiger partial charge on any atom is 0.416 e. The topological polar surface area (TPSA) is 131 Å². The molecule has 0 aliphatic carbocycles. The number of hydrogen-bond acceptors (Lipinski definition) is 5. The monoisotopic (exact) mass is 576 g/mol. The highest BCUT2D eigenvalue weighted by Crippen LogP contribution is 2.35. The number of amides is 3. The van der Waals surface area contributed by atoms with Crippen LogP contribution in [0.5, 0.6) is 0 Å². The van der Waals surface area contributed by atoms with Crippen LogP contribution in [0.15, 0.2) is 83.7 Å². The maximum atomic E-state index is 13.7. The van der Waals surface area contributed by atoms with Crippen LogP contribution in [-0.2, 0) is 17.5 Å². The van der Waals surface area contributed by atoms with Gasteiger partial charge in [0.05, 0.1) is 11.3 Å². The fourth-order valence-electron chi connectivity index (χ4n) is 5.01. The quantitative estimate of drug-likeness (QED) is 0.224. The molecule has 5 rings (SSSR count). The number of fused-ring (bicyclic) bond motifs is 1. The predicted molar refractivity (Wildman–Crippen MR) is 153 cm³/mol. The van der Waals surface area contributed by atoms with Gasteiger partial charge in [0.15, 0.2) is 5.82 Å². The van der Waals surface area contributed by atoms with E-state index >= 15 is 0 Å². The summed E-state index contributed by atoms with van der Waals surface area (Å²) in [6.45, 7) is 1.58. The average molecular weight is 577 g/mol. The lowest BCUT2D eigenvalue weighted by atomic mass is 10.0. The fourth-order valence-corrected chi connectivity index (χ4v) is 5.01. The molecule has 0 saturated carbocycles. The number of benzene rings is 3. The molecular weight excluding hydrogens is 549 g/mol. The molecule has 0 fully saturated rings. The summed E-state index contributed by atoms with van der Waals surface area (Å²) in [5.74, 6) is -0.919. The van der Waals surface area contributed by atoms with Crippen molar-refractivity contribution in [2.45, 2.75) is 38.0 Å². The molecule has 2 heterocycles. The molecule has 3 aromatic carbocycles. The first kappa shape index (κ1) is 28.4. The van der Waals surface area contributed by atoms with Crippen molar-refractivity contribution in [1.82, 2.24) is 9.55 Å². The van der Waals surface area contributed by atoms with Crippen molar-refractivity contribution in [2.75, 3.05) is 16.0 Å². The second kappa shape index (κ2) is 11.4. The maximum absolute atomic E-state index is 13.7. The number of alkyl halides is 3. The number of nitrogens with zero attached hydrogens (tertiary/aromatic N) is 2. The normalized spacial score (nSPS) is 16.0. The number of carbonyl (C=O) groups is 2. The number of urea groups is 1. The van der Waals surface area contributed by atoms with E-state index in [4.69, 9.17) is 5.73 Å². The number of para-hydroxylation sites is 1. The van der Waals surface area contributed by atoms with Gasteiger partial charge >= 0.3 is 12.2 Å². The number of aromatic nitrogens is 2. The van der Waals surface area contributed by atoms with Crippen LogP contribution in [-0.4, -0.2) is 21.5 Å². The van der Waals surface area contributed by atoms with Crippen LogP contribution in [0, 0.1) is 0 Å². The van der Waals surface area contributed by atoms with Gasteiger partial charge in [-0.05, 0) is 35.7 Å². The lowest BCUT2D eigenvalue weighted by Crippen LogP contribution is -2.35. The van der Waals surface area contributed by atoms with Gasteiger partial charge in [0.2, 0.25) is 5.91 Å². The number of primary amides is 1. The molecule has 0 radical (unpaired) electrons. The van der Waals surface area contributed by atoms with Gasteiger partial charge in [0.1, 0.15) is 17.6 Å². The summed E-state index contributed by atoms with van der Waals surface area (Å²) in [7, 11) is 0. The number of carbonyl (C=O) groups excluding carboxylic acids is 2. The van der Waals surface area contributed by atoms with Crippen molar-refractivity contribution in [2.24, 2.45) is 5.73 Å². The fraction of sp³-hybridized carbons (Fsp3) is 0.200. The van der Waals surface area contributed by atoms with E-state index in [9.17, 15) is 27.6 Å². The first-order valence-corrected chi connectivity index (χ1v) is 13.1. The summed E-state index contributed by atoms with van der Waals surface area (Å²) in [5.41, 5.74) is 6.20. The Hall–Kier alpha value is -5.13. The molecule has 2 unspecified atom stereocenters. The molecule has 1 aromatic heterocycles. The molecule has 5 N–H and O–H groups in total. The van der Waals surface area contributed by atoms with Gasteiger partial charge in [-0.1, -0.05) is 67.6 Å². The first-order chi connectivity index (χ1) is 20.0. The highest BCUT2D eigenvalue weighted by molar-refractivity contribution is 6.03. The van der Waals surface area contributed by atoms with Gasteiger partial charge < -0.3 is 16.4 Å². The Labute approximate surface area is 238 Å². The minimum Gasteiger partial charge on any atom is -0.373 e. The number of hydrogen-bond donors (Lipinski definition) is 4. The Morgan fingerprint density at radius 2 is 1.71 bits per heavy atom. The van der Waals surface area contributed by atoms with Crippen molar-refractivity contribution in [3.05, 3.63) is 106 Å². The number of nitrogens with two attached hydrogens (primary N) is 1. The van der Waals surface area contributed by atoms with E-state index in [1.165, 1.54) is 16.7 Å². The van der Waals surface area contributed by atoms with Gasteiger partial charge in [-0.15, -0.1) is 0 Å². The predicted octanol–water partition coefficient (Wildman–Crippen LogP) is 5.72. The Balaban J connectivity index is 1.48. The number of anilines is 3. The molecule has 1 aliphatic heterocycles. The largest absolute Gasteiger partial charge is 0.416 e. The van der Waals surface area contributed by atoms with Crippen LogP contribution in [0.1, 0.15) is 42.3 Å². The average Bonchev–Trinajstić information content (AvgIpc) is 3.30. The van der Waals surface area contributed by atoms with Crippen LogP contribution < -0.4 is 27.2 Å². The molecule has 0 bridgehead atoms. The Kier molecular flexibility index (Phi) is 7.70. The van der Waals surface area contributed by atoms with E-state index in [0.717, 1.165) is 23.3 Å². The number of halogens is 3. The summed E-state index contributed by atoms with van der Waals surface area (Å²) in [6.07, 6.45) is -4.30. The number of rotatable bonds is 7. The van der Waals surface area contributed by atoms with Gasteiger partial charge in [0.25, 0.3) is 5.56 Å². The minimum atomic E-state index is -4.55. The lowest BCUT2D eigenvalue weighted by molar-refractivity contribution is -0.137. The molecular formula is C30H27F3N6O3. The molecule has 0 saturated heterocycles. The summed E-state index contributed by atoms with van der Waals surface area (Å²) in [4.78, 5) is 43.5.